The van der Waals surface area contributed by atoms with Crippen LogP contribution >= 0.6 is 24.0 Å². The molecule has 0 aromatic carbocycles. The van der Waals surface area contributed by atoms with Crippen LogP contribution < -0.4 is 0 Å². The van der Waals surface area contributed by atoms with E-state index < -0.39 is 0 Å². The molecule has 0 amide bonds. The lowest BCUT2D eigenvalue weighted by molar-refractivity contribution is -0.108. The normalized spacial score (nSPS) is 19.7. The van der Waals surface area contributed by atoms with Gasteiger partial charge in [-0.3, -0.25) is 4.79 Å². The summed E-state index contributed by atoms with van der Waals surface area (Å²) in [6.45, 7) is 3.53. The standard InChI is InChI=1S/C5H5NOS2/c1-3-4(7)9-5(8)6(3)2/h1H2,2H3. The second-order valence-corrected chi connectivity index (χ2v) is 3.27. The Balaban J connectivity index is 2.90. The second kappa shape index (κ2) is 2.11. The number of carbonyl (C=O) groups excluding carboxylic acids is 1. The highest BCUT2D eigenvalue weighted by Crippen LogP contribution is 2.25. The van der Waals surface area contributed by atoms with Crippen LogP contribution in [0.1, 0.15) is 0 Å². The molecule has 0 aromatic rings. The van der Waals surface area contributed by atoms with Crippen LogP contribution in [0.4, 0.5) is 0 Å². The average molecular weight is 159 g/mol. The van der Waals surface area contributed by atoms with E-state index in [9.17, 15) is 4.79 Å². The number of carbonyl (C=O) groups is 1. The third-order valence-electron chi connectivity index (χ3n) is 1.09. The van der Waals surface area contributed by atoms with Crippen LogP contribution in [0.15, 0.2) is 12.3 Å². The lowest BCUT2D eigenvalue weighted by Gasteiger charge is -2.06. The molecule has 0 bridgehead atoms. The molecular formula is C5H5NOS2. The SMILES string of the molecule is C=C1C(=O)SC(=S)N1C. The summed E-state index contributed by atoms with van der Waals surface area (Å²) in [5.41, 5.74) is 0.477. The first kappa shape index (κ1) is 6.77. The summed E-state index contributed by atoms with van der Waals surface area (Å²) in [6, 6.07) is 0. The summed E-state index contributed by atoms with van der Waals surface area (Å²) in [5.74, 6) is 0. The Labute approximate surface area is 62.9 Å². The topological polar surface area (TPSA) is 20.3 Å². The molecule has 0 radical (unpaired) electrons. The number of rotatable bonds is 0. The Morgan fingerprint density at radius 3 is 2.44 bits per heavy atom. The van der Waals surface area contributed by atoms with Gasteiger partial charge in [-0.2, -0.15) is 0 Å². The Morgan fingerprint density at radius 1 is 1.78 bits per heavy atom. The van der Waals surface area contributed by atoms with Gasteiger partial charge in [-0.05, 0) is 11.8 Å². The zero-order valence-corrected chi connectivity index (χ0v) is 6.51. The van der Waals surface area contributed by atoms with E-state index in [1.54, 1.807) is 11.9 Å². The molecule has 48 valence electrons. The van der Waals surface area contributed by atoms with E-state index in [0.717, 1.165) is 11.8 Å². The van der Waals surface area contributed by atoms with Gasteiger partial charge in [0.05, 0.1) is 5.70 Å². The minimum Gasteiger partial charge on any atom is -0.327 e. The van der Waals surface area contributed by atoms with E-state index in [1.165, 1.54) is 0 Å². The highest BCUT2D eigenvalue weighted by atomic mass is 32.2. The minimum atomic E-state index is -0.0394. The molecule has 2 nitrogen and oxygen atoms in total. The van der Waals surface area contributed by atoms with Crippen molar-refractivity contribution in [1.29, 1.82) is 0 Å². The van der Waals surface area contributed by atoms with Gasteiger partial charge in [-0.15, -0.1) is 0 Å². The van der Waals surface area contributed by atoms with Crippen LogP contribution in [-0.4, -0.2) is 21.4 Å². The van der Waals surface area contributed by atoms with Crippen molar-refractivity contribution < 1.29 is 4.79 Å². The van der Waals surface area contributed by atoms with E-state index in [-0.39, 0.29) is 5.12 Å². The molecule has 4 heteroatoms. The van der Waals surface area contributed by atoms with E-state index in [0.29, 0.717) is 10.0 Å². The molecule has 1 aliphatic heterocycles. The van der Waals surface area contributed by atoms with Crippen LogP contribution in [0.2, 0.25) is 0 Å². The quantitative estimate of drug-likeness (QED) is 0.388. The fourth-order valence-electron chi connectivity index (χ4n) is 0.454. The maximum absolute atomic E-state index is 10.7. The highest BCUT2D eigenvalue weighted by Gasteiger charge is 2.26. The minimum absolute atomic E-state index is 0.0394. The number of nitrogens with zero attached hydrogens (tertiary/aromatic N) is 1. The highest BCUT2D eigenvalue weighted by molar-refractivity contribution is 8.33. The van der Waals surface area contributed by atoms with Crippen molar-refractivity contribution in [2.45, 2.75) is 0 Å². The Bertz CT molecular complexity index is 199. The fraction of sp³-hybridized carbons (Fsp3) is 0.200. The molecule has 0 spiro atoms. The molecular weight excluding hydrogens is 154 g/mol. The molecule has 1 aliphatic rings. The first-order chi connectivity index (χ1) is 4.13. The van der Waals surface area contributed by atoms with Crippen LogP contribution in [0.3, 0.4) is 0 Å². The van der Waals surface area contributed by atoms with E-state index >= 15 is 0 Å². The Kier molecular flexibility index (Phi) is 1.59. The van der Waals surface area contributed by atoms with Crippen molar-refractivity contribution in [3.05, 3.63) is 12.3 Å². The number of hydrogen-bond donors (Lipinski definition) is 0. The summed E-state index contributed by atoms with van der Waals surface area (Å²) < 4.78 is 0.588. The van der Waals surface area contributed by atoms with Crippen LogP contribution in [0.25, 0.3) is 0 Å². The second-order valence-electron chi connectivity index (χ2n) is 1.66. The van der Waals surface area contributed by atoms with Gasteiger partial charge in [0.2, 0.25) is 5.12 Å². The zero-order chi connectivity index (χ0) is 7.02. The molecule has 0 unspecified atom stereocenters. The van der Waals surface area contributed by atoms with Gasteiger partial charge in [-0.1, -0.05) is 18.8 Å². The van der Waals surface area contributed by atoms with Gasteiger partial charge >= 0.3 is 0 Å². The van der Waals surface area contributed by atoms with E-state index in [2.05, 4.69) is 6.58 Å². The van der Waals surface area contributed by atoms with Crippen molar-refractivity contribution in [3.8, 4) is 0 Å². The third-order valence-corrected chi connectivity index (χ3v) is 2.49. The summed E-state index contributed by atoms with van der Waals surface area (Å²) in [5, 5.41) is -0.0394. The van der Waals surface area contributed by atoms with Crippen LogP contribution in [0, 0.1) is 0 Å². The maximum Gasteiger partial charge on any atom is 0.242 e. The van der Waals surface area contributed by atoms with Crippen LogP contribution in [-0.2, 0) is 4.79 Å². The van der Waals surface area contributed by atoms with Crippen molar-refractivity contribution >= 4 is 33.4 Å². The van der Waals surface area contributed by atoms with Crippen molar-refractivity contribution in [2.24, 2.45) is 0 Å². The molecule has 1 heterocycles. The predicted molar refractivity (Wildman–Crippen MR) is 42.1 cm³/mol. The van der Waals surface area contributed by atoms with Gasteiger partial charge in [0.15, 0.2) is 0 Å². The lowest BCUT2D eigenvalue weighted by atomic mass is 10.5. The monoisotopic (exact) mass is 159 g/mol. The van der Waals surface area contributed by atoms with E-state index in [4.69, 9.17) is 12.2 Å². The van der Waals surface area contributed by atoms with Gasteiger partial charge < -0.3 is 4.90 Å². The number of hydrogen-bond acceptors (Lipinski definition) is 3. The molecule has 1 rings (SSSR count). The largest absolute Gasteiger partial charge is 0.327 e. The Morgan fingerprint density at radius 2 is 2.33 bits per heavy atom. The Hall–Kier alpha value is -0.350. The third kappa shape index (κ3) is 0.997. The molecule has 0 atom stereocenters. The fourth-order valence-corrected chi connectivity index (χ4v) is 1.45. The van der Waals surface area contributed by atoms with Gasteiger partial charge in [0, 0.05) is 7.05 Å². The summed E-state index contributed by atoms with van der Waals surface area (Å²) >= 11 is 5.86. The van der Waals surface area contributed by atoms with Gasteiger partial charge in [-0.25, -0.2) is 0 Å². The van der Waals surface area contributed by atoms with Gasteiger partial charge in [0.25, 0.3) is 0 Å². The summed E-state index contributed by atoms with van der Waals surface area (Å²) in [4.78, 5) is 12.3. The molecule has 0 saturated carbocycles. The number of thiocarbonyl (C=S) groups is 1. The van der Waals surface area contributed by atoms with Gasteiger partial charge in [0.1, 0.15) is 4.32 Å². The zero-order valence-electron chi connectivity index (χ0n) is 4.88. The van der Waals surface area contributed by atoms with E-state index in [1.807, 2.05) is 0 Å². The first-order valence-electron chi connectivity index (χ1n) is 2.31. The molecule has 1 saturated heterocycles. The summed E-state index contributed by atoms with van der Waals surface area (Å²) in [7, 11) is 1.74. The molecule has 0 N–H and O–H groups in total. The predicted octanol–water partition coefficient (Wildman–Crippen LogP) is 0.990. The average Bonchev–Trinajstić information content (AvgIpc) is 1.98. The first-order valence-corrected chi connectivity index (χ1v) is 3.54. The molecule has 1 fully saturated rings. The molecule has 9 heavy (non-hydrogen) atoms. The lowest BCUT2D eigenvalue weighted by Crippen LogP contribution is -2.14. The molecule has 0 aromatic heterocycles. The van der Waals surface area contributed by atoms with Crippen LogP contribution in [0.5, 0.6) is 0 Å². The number of thioether (sulfide) groups is 1. The number of likely N-dealkylation sites (N-methyl/N-ethyl adjacent to an activating group) is 1. The van der Waals surface area contributed by atoms with Crippen molar-refractivity contribution in [1.82, 2.24) is 4.90 Å². The summed E-state index contributed by atoms with van der Waals surface area (Å²) in [6.07, 6.45) is 0. The van der Waals surface area contributed by atoms with Crippen molar-refractivity contribution in [2.75, 3.05) is 7.05 Å². The van der Waals surface area contributed by atoms with Crippen molar-refractivity contribution in [3.63, 3.8) is 0 Å². The smallest absolute Gasteiger partial charge is 0.242 e. The maximum atomic E-state index is 10.7. The molecule has 0 aliphatic carbocycles.